The number of aromatic nitrogens is 1. The summed E-state index contributed by atoms with van der Waals surface area (Å²) in [6, 6.07) is 2.44. The van der Waals surface area contributed by atoms with Gasteiger partial charge in [-0.05, 0) is 76.3 Å². The molecule has 0 bridgehead atoms. The summed E-state index contributed by atoms with van der Waals surface area (Å²) in [6.45, 7) is 2.57. The molecule has 0 aliphatic heterocycles. The quantitative estimate of drug-likeness (QED) is 0.104. The van der Waals surface area contributed by atoms with E-state index < -0.39 is 12.0 Å². The minimum atomic E-state index is -1.05. The van der Waals surface area contributed by atoms with E-state index in [2.05, 4.69) is 83.3 Å². The molecule has 0 aromatic carbocycles. The van der Waals surface area contributed by atoms with Gasteiger partial charge in [-0.3, -0.25) is 14.6 Å². The molecule has 0 spiro atoms. The lowest BCUT2D eigenvalue weighted by atomic mass is 10.1. The van der Waals surface area contributed by atoms with Crippen LogP contribution in [0.4, 0.5) is 0 Å². The fraction of sp³-hybridized carbons (Fsp3) is 0.412. The first-order valence-corrected chi connectivity index (χ1v) is 14.6. The largest absolute Gasteiger partial charge is 0.480 e. The maximum absolute atomic E-state index is 12.2. The number of rotatable bonds is 22. The van der Waals surface area contributed by atoms with Gasteiger partial charge in [-0.15, -0.1) is 0 Å². The Morgan fingerprint density at radius 2 is 1.39 bits per heavy atom. The molecule has 0 saturated carbocycles. The maximum Gasteiger partial charge on any atom is 0.326 e. The summed E-state index contributed by atoms with van der Waals surface area (Å²) in [6.07, 6.45) is 36.7. The van der Waals surface area contributed by atoms with Crippen LogP contribution in [0.1, 0.15) is 87.9 Å². The minimum absolute atomic E-state index is 0.212. The van der Waals surface area contributed by atoms with E-state index in [0.29, 0.717) is 37.8 Å². The van der Waals surface area contributed by atoms with Gasteiger partial charge in [0.15, 0.2) is 0 Å². The van der Waals surface area contributed by atoms with Gasteiger partial charge in [0.1, 0.15) is 6.04 Å². The molecule has 222 valence electrons. The molecule has 0 aliphatic carbocycles. The highest BCUT2D eigenvalue weighted by Gasteiger charge is 2.19. The molecule has 2 amide bonds. The summed E-state index contributed by atoms with van der Waals surface area (Å²) in [7, 11) is 0. The van der Waals surface area contributed by atoms with Crippen molar-refractivity contribution in [2.24, 2.45) is 0 Å². The summed E-state index contributed by atoms with van der Waals surface area (Å²) >= 11 is 0. The van der Waals surface area contributed by atoms with E-state index in [0.717, 1.165) is 38.5 Å². The van der Waals surface area contributed by atoms with Crippen LogP contribution >= 0.6 is 0 Å². The molecule has 41 heavy (non-hydrogen) atoms. The van der Waals surface area contributed by atoms with Crippen molar-refractivity contribution < 1.29 is 19.5 Å². The van der Waals surface area contributed by atoms with Gasteiger partial charge in [-0.1, -0.05) is 79.8 Å². The number of carboxylic acid groups (broad SMARTS) is 1. The number of aliphatic carboxylic acids is 1. The van der Waals surface area contributed by atoms with E-state index in [1.54, 1.807) is 18.3 Å². The molecule has 7 nitrogen and oxygen atoms in total. The third-order valence-corrected chi connectivity index (χ3v) is 5.90. The molecule has 0 saturated heterocycles. The van der Waals surface area contributed by atoms with Gasteiger partial charge in [0.05, 0.1) is 5.56 Å². The fourth-order valence-corrected chi connectivity index (χ4v) is 3.65. The van der Waals surface area contributed by atoms with Crippen LogP contribution in [0, 0.1) is 0 Å². The monoisotopic (exact) mass is 561 g/mol. The Balaban J connectivity index is 2.09. The van der Waals surface area contributed by atoms with Crippen molar-refractivity contribution >= 4 is 17.8 Å². The van der Waals surface area contributed by atoms with Crippen LogP contribution in [0.3, 0.4) is 0 Å². The maximum atomic E-state index is 12.2. The van der Waals surface area contributed by atoms with Crippen LogP contribution in [0.2, 0.25) is 0 Å². The zero-order valence-electron chi connectivity index (χ0n) is 24.4. The van der Waals surface area contributed by atoms with Gasteiger partial charge in [0.25, 0.3) is 5.91 Å². The lowest BCUT2D eigenvalue weighted by Gasteiger charge is -2.14. The van der Waals surface area contributed by atoms with Crippen molar-refractivity contribution in [1.82, 2.24) is 15.6 Å². The Morgan fingerprint density at radius 1 is 0.829 bits per heavy atom. The van der Waals surface area contributed by atoms with E-state index >= 15 is 0 Å². The SMILES string of the molecule is CC/C=C\C/C=C\C/C=C\C/C=C\C/C=C\C/C=C\CCC(=O)NC(CCCCNC(=O)c1cccnc1)C(=O)O. The van der Waals surface area contributed by atoms with Crippen LogP contribution in [-0.4, -0.2) is 40.5 Å². The number of carbonyl (C=O) groups is 3. The van der Waals surface area contributed by atoms with E-state index in [1.807, 2.05) is 12.2 Å². The Hall–Kier alpha value is -4.00. The molecule has 0 aliphatic rings. The number of amides is 2. The minimum Gasteiger partial charge on any atom is -0.480 e. The average Bonchev–Trinajstić information content (AvgIpc) is 2.97. The second-order valence-corrected chi connectivity index (χ2v) is 9.41. The zero-order chi connectivity index (χ0) is 29.8. The lowest BCUT2D eigenvalue weighted by Crippen LogP contribution is -2.40. The average molecular weight is 562 g/mol. The molecule has 1 heterocycles. The van der Waals surface area contributed by atoms with Crippen molar-refractivity contribution in [1.29, 1.82) is 0 Å². The number of pyridine rings is 1. The first-order valence-electron chi connectivity index (χ1n) is 14.6. The normalized spacial score (nSPS) is 12.9. The number of hydrogen-bond acceptors (Lipinski definition) is 4. The van der Waals surface area contributed by atoms with E-state index in [1.165, 1.54) is 6.20 Å². The van der Waals surface area contributed by atoms with E-state index in [-0.39, 0.29) is 18.2 Å². The van der Waals surface area contributed by atoms with Crippen molar-refractivity contribution in [3.63, 3.8) is 0 Å². The Morgan fingerprint density at radius 3 is 1.90 bits per heavy atom. The highest BCUT2D eigenvalue weighted by atomic mass is 16.4. The van der Waals surface area contributed by atoms with Crippen LogP contribution < -0.4 is 10.6 Å². The molecular formula is C34H47N3O4. The third-order valence-electron chi connectivity index (χ3n) is 5.90. The summed E-state index contributed by atoms with van der Waals surface area (Å²) in [5, 5.41) is 14.8. The predicted molar refractivity (Wildman–Crippen MR) is 167 cm³/mol. The Bertz CT molecular complexity index is 1040. The molecule has 1 aromatic heterocycles. The molecule has 1 atom stereocenters. The van der Waals surface area contributed by atoms with Gasteiger partial charge in [0.2, 0.25) is 5.91 Å². The molecule has 7 heteroatoms. The van der Waals surface area contributed by atoms with E-state index in [4.69, 9.17) is 0 Å². The molecule has 1 aromatic rings. The predicted octanol–water partition coefficient (Wildman–Crippen LogP) is 7.03. The smallest absolute Gasteiger partial charge is 0.326 e. The summed E-state index contributed by atoms with van der Waals surface area (Å²) in [5.41, 5.74) is 0.482. The zero-order valence-corrected chi connectivity index (χ0v) is 24.4. The van der Waals surface area contributed by atoms with Crippen molar-refractivity contribution in [2.75, 3.05) is 6.54 Å². The van der Waals surface area contributed by atoms with Crippen LogP contribution in [0.25, 0.3) is 0 Å². The first-order chi connectivity index (χ1) is 20.0. The molecular weight excluding hydrogens is 514 g/mol. The number of carbonyl (C=O) groups excluding carboxylic acids is 2. The third kappa shape index (κ3) is 20.6. The number of nitrogens with zero attached hydrogens (tertiary/aromatic N) is 1. The van der Waals surface area contributed by atoms with Crippen molar-refractivity contribution in [2.45, 2.75) is 83.6 Å². The van der Waals surface area contributed by atoms with Crippen LogP contribution in [-0.2, 0) is 9.59 Å². The molecule has 0 fully saturated rings. The summed E-state index contributed by atoms with van der Waals surface area (Å²) < 4.78 is 0. The topological polar surface area (TPSA) is 108 Å². The van der Waals surface area contributed by atoms with Gasteiger partial charge in [-0.2, -0.15) is 0 Å². The number of carboxylic acids is 1. The molecule has 3 N–H and O–H groups in total. The second kappa shape index (κ2) is 25.0. The number of nitrogens with one attached hydrogen (secondary N) is 2. The Labute approximate surface area is 245 Å². The second-order valence-electron chi connectivity index (χ2n) is 9.41. The van der Waals surface area contributed by atoms with E-state index in [9.17, 15) is 19.5 Å². The van der Waals surface area contributed by atoms with Gasteiger partial charge in [-0.25, -0.2) is 4.79 Å². The number of allylic oxidation sites excluding steroid dienone is 12. The number of hydrogen-bond donors (Lipinski definition) is 3. The van der Waals surface area contributed by atoms with Crippen LogP contribution in [0.15, 0.2) is 97.4 Å². The van der Waals surface area contributed by atoms with Crippen LogP contribution in [0.5, 0.6) is 0 Å². The van der Waals surface area contributed by atoms with Crippen molar-refractivity contribution in [3.05, 3.63) is 103 Å². The lowest BCUT2D eigenvalue weighted by molar-refractivity contribution is -0.142. The Kier molecular flexibility index (Phi) is 21.4. The van der Waals surface area contributed by atoms with Gasteiger partial charge < -0.3 is 15.7 Å². The van der Waals surface area contributed by atoms with Crippen molar-refractivity contribution in [3.8, 4) is 0 Å². The molecule has 1 unspecified atom stereocenters. The van der Waals surface area contributed by atoms with Gasteiger partial charge in [0, 0.05) is 25.4 Å². The fourth-order valence-electron chi connectivity index (χ4n) is 3.65. The first kappa shape index (κ1) is 35.0. The highest BCUT2D eigenvalue weighted by Crippen LogP contribution is 2.04. The number of unbranched alkanes of at least 4 members (excludes halogenated alkanes) is 1. The van der Waals surface area contributed by atoms with Gasteiger partial charge >= 0.3 is 5.97 Å². The molecule has 1 rings (SSSR count). The molecule has 0 radical (unpaired) electrons. The highest BCUT2D eigenvalue weighted by molar-refractivity contribution is 5.93. The standard InChI is InChI=1S/C34H47N3O4/c1-2-3-4-5-6-7-8-9-10-11-12-13-14-15-16-17-18-19-20-26-32(38)37-31(34(40)41)25-21-22-28-36-33(39)30-24-23-27-35-29-30/h3-4,6-7,9-10,12-13,15-16,18-19,23-24,27,29,31H,2,5,8,11,14,17,20-22,25-26,28H2,1H3,(H,36,39)(H,37,38)(H,40,41)/b4-3-,7-6-,10-9-,13-12-,16-15-,19-18-. The summed E-state index contributed by atoms with van der Waals surface area (Å²) in [4.78, 5) is 39.6. The summed E-state index contributed by atoms with van der Waals surface area (Å²) in [5.74, 6) is -1.54.